The fraction of sp³-hybridized carbons (Fsp3) is 0.100. The number of nitrogens with zero attached hydrogens (tertiary/aromatic N) is 1. The van der Waals surface area contributed by atoms with E-state index in [1.165, 1.54) is 18.2 Å². The topological polar surface area (TPSA) is 74.2 Å². The molecule has 1 heterocycles. The minimum Gasteiger partial charge on any atom is -0.392 e. The third-order valence-electron chi connectivity index (χ3n) is 4.06. The number of hydrogen-bond acceptors (Lipinski definition) is 3. The molecule has 3 N–H and O–H groups in total. The third-order valence-corrected chi connectivity index (χ3v) is 4.06. The van der Waals surface area contributed by atoms with Crippen LogP contribution >= 0.6 is 0 Å². The number of aliphatic hydroxyl groups is 1. The molecule has 29 heavy (non-hydrogen) atoms. The standard InChI is InChI=1S/C20H15F4N3O2/c21-12-5-6-13(17(24)8-12)19-11(10-28)4-7-18(26-19)27-20(29)25-9-14-15(22)2-1-3-16(14)23/h1-8,28H,9-10H2,(H2,25,26,27,29). The van der Waals surface area contributed by atoms with Crippen molar-refractivity contribution in [2.75, 3.05) is 5.32 Å². The summed E-state index contributed by atoms with van der Waals surface area (Å²) in [7, 11) is 0. The van der Waals surface area contributed by atoms with Gasteiger partial charge in [-0.25, -0.2) is 27.3 Å². The van der Waals surface area contributed by atoms with Crippen LogP contribution in [0.2, 0.25) is 0 Å². The number of rotatable bonds is 5. The molecule has 0 aliphatic heterocycles. The van der Waals surface area contributed by atoms with Gasteiger partial charge in [-0.05, 0) is 30.3 Å². The molecule has 1 aromatic heterocycles. The molecule has 0 unspecified atom stereocenters. The number of hydrogen-bond donors (Lipinski definition) is 3. The second-order valence-electron chi connectivity index (χ2n) is 5.99. The quantitative estimate of drug-likeness (QED) is 0.559. The van der Waals surface area contributed by atoms with Crippen LogP contribution in [0.25, 0.3) is 11.3 Å². The van der Waals surface area contributed by atoms with E-state index in [1.807, 2.05) is 0 Å². The van der Waals surface area contributed by atoms with Crippen LogP contribution in [0.15, 0.2) is 48.5 Å². The molecule has 0 aliphatic rings. The van der Waals surface area contributed by atoms with E-state index in [2.05, 4.69) is 15.6 Å². The van der Waals surface area contributed by atoms with Crippen molar-refractivity contribution in [3.8, 4) is 11.3 Å². The SMILES string of the molecule is O=C(NCc1c(F)cccc1F)Nc1ccc(CO)c(-c2ccc(F)cc2F)n1. The molecule has 0 atom stereocenters. The molecule has 2 aromatic carbocycles. The summed E-state index contributed by atoms with van der Waals surface area (Å²) in [5, 5.41) is 14.1. The minimum absolute atomic E-state index is 0.00701. The number of amides is 2. The van der Waals surface area contributed by atoms with Crippen molar-refractivity contribution >= 4 is 11.8 Å². The van der Waals surface area contributed by atoms with Crippen LogP contribution in [0.4, 0.5) is 28.2 Å². The van der Waals surface area contributed by atoms with Crippen molar-refractivity contribution in [3.63, 3.8) is 0 Å². The van der Waals surface area contributed by atoms with Crippen LogP contribution in [0.5, 0.6) is 0 Å². The van der Waals surface area contributed by atoms with E-state index in [0.29, 0.717) is 6.07 Å². The maximum absolute atomic E-state index is 14.1. The Balaban J connectivity index is 1.78. The third kappa shape index (κ3) is 4.69. The lowest BCUT2D eigenvalue weighted by Crippen LogP contribution is -2.29. The number of aliphatic hydroxyl groups excluding tert-OH is 1. The van der Waals surface area contributed by atoms with Crippen molar-refractivity contribution in [2.24, 2.45) is 0 Å². The van der Waals surface area contributed by atoms with E-state index in [-0.39, 0.29) is 28.2 Å². The Kier molecular flexibility index (Phi) is 6.08. The largest absolute Gasteiger partial charge is 0.392 e. The van der Waals surface area contributed by atoms with Gasteiger partial charge in [0.1, 0.15) is 29.1 Å². The molecule has 2 amide bonds. The number of urea groups is 1. The van der Waals surface area contributed by atoms with Gasteiger partial charge >= 0.3 is 6.03 Å². The molecule has 0 bridgehead atoms. The number of anilines is 1. The summed E-state index contributed by atoms with van der Waals surface area (Å²) < 4.78 is 54.5. The highest BCUT2D eigenvalue weighted by molar-refractivity contribution is 5.88. The summed E-state index contributed by atoms with van der Waals surface area (Å²) in [4.78, 5) is 16.1. The van der Waals surface area contributed by atoms with Gasteiger partial charge in [0.2, 0.25) is 0 Å². The highest BCUT2D eigenvalue weighted by Crippen LogP contribution is 2.27. The van der Waals surface area contributed by atoms with Gasteiger partial charge in [0.15, 0.2) is 0 Å². The fourth-order valence-corrected chi connectivity index (χ4v) is 2.63. The molecule has 0 spiro atoms. The van der Waals surface area contributed by atoms with E-state index in [0.717, 1.165) is 24.3 Å². The molecule has 0 fully saturated rings. The Bertz CT molecular complexity index is 1040. The van der Waals surface area contributed by atoms with E-state index < -0.39 is 42.5 Å². The molecule has 3 aromatic rings. The van der Waals surface area contributed by atoms with Crippen LogP contribution < -0.4 is 10.6 Å². The van der Waals surface area contributed by atoms with Crippen LogP contribution in [-0.2, 0) is 13.2 Å². The minimum atomic E-state index is -0.885. The Labute approximate surface area is 163 Å². The highest BCUT2D eigenvalue weighted by atomic mass is 19.1. The van der Waals surface area contributed by atoms with E-state index in [9.17, 15) is 27.5 Å². The molecule has 150 valence electrons. The molecule has 0 saturated carbocycles. The Hall–Kier alpha value is -3.46. The van der Waals surface area contributed by atoms with E-state index in [1.54, 1.807) is 0 Å². The van der Waals surface area contributed by atoms with Gasteiger partial charge in [-0.15, -0.1) is 0 Å². The lowest BCUT2D eigenvalue weighted by Gasteiger charge is -2.12. The van der Waals surface area contributed by atoms with Crippen LogP contribution in [0, 0.1) is 23.3 Å². The fourth-order valence-electron chi connectivity index (χ4n) is 2.63. The molecule has 3 rings (SSSR count). The van der Waals surface area contributed by atoms with Gasteiger partial charge in [0.25, 0.3) is 0 Å². The van der Waals surface area contributed by atoms with Crippen molar-refractivity contribution in [3.05, 3.63) is 82.9 Å². The van der Waals surface area contributed by atoms with Crippen LogP contribution in [0.3, 0.4) is 0 Å². The summed E-state index contributed by atoms with van der Waals surface area (Å²) in [6, 6.07) is 8.19. The molecule has 0 radical (unpaired) electrons. The van der Waals surface area contributed by atoms with Gasteiger partial charge in [-0.3, -0.25) is 5.32 Å². The highest BCUT2D eigenvalue weighted by Gasteiger charge is 2.15. The number of carbonyl (C=O) groups excluding carboxylic acids is 1. The molecule has 0 aliphatic carbocycles. The number of halogens is 4. The second-order valence-corrected chi connectivity index (χ2v) is 5.99. The summed E-state index contributed by atoms with van der Waals surface area (Å²) >= 11 is 0. The first kappa shape index (κ1) is 20.3. The van der Waals surface area contributed by atoms with Crippen molar-refractivity contribution < 1.29 is 27.5 Å². The maximum Gasteiger partial charge on any atom is 0.320 e. The zero-order valence-corrected chi connectivity index (χ0v) is 14.8. The van der Waals surface area contributed by atoms with E-state index in [4.69, 9.17) is 0 Å². The van der Waals surface area contributed by atoms with Crippen LogP contribution in [0.1, 0.15) is 11.1 Å². The van der Waals surface area contributed by atoms with Gasteiger partial charge < -0.3 is 10.4 Å². The lowest BCUT2D eigenvalue weighted by molar-refractivity contribution is 0.251. The number of carbonyl (C=O) groups is 1. The molecule has 9 heteroatoms. The van der Waals surface area contributed by atoms with Crippen molar-refractivity contribution in [1.29, 1.82) is 0 Å². The van der Waals surface area contributed by atoms with E-state index >= 15 is 0 Å². The molecule has 0 saturated heterocycles. The molecular formula is C20H15F4N3O2. The number of pyridine rings is 1. The number of benzene rings is 2. The predicted octanol–water partition coefficient (Wildman–Crippen LogP) is 4.12. The summed E-state index contributed by atoms with van der Waals surface area (Å²) in [6.45, 7) is -0.864. The smallest absolute Gasteiger partial charge is 0.320 e. The Morgan fingerprint density at radius 2 is 1.69 bits per heavy atom. The van der Waals surface area contributed by atoms with Gasteiger partial charge in [-0.1, -0.05) is 12.1 Å². The zero-order valence-electron chi connectivity index (χ0n) is 14.8. The monoisotopic (exact) mass is 405 g/mol. The average molecular weight is 405 g/mol. The molecule has 5 nitrogen and oxygen atoms in total. The van der Waals surface area contributed by atoms with Gasteiger partial charge in [-0.2, -0.15) is 0 Å². The Morgan fingerprint density at radius 1 is 0.966 bits per heavy atom. The first-order valence-corrected chi connectivity index (χ1v) is 8.43. The molecular weight excluding hydrogens is 390 g/mol. The maximum atomic E-state index is 14.1. The normalized spacial score (nSPS) is 10.7. The van der Waals surface area contributed by atoms with Gasteiger partial charge in [0, 0.05) is 22.8 Å². The number of aromatic nitrogens is 1. The first-order valence-electron chi connectivity index (χ1n) is 8.43. The predicted molar refractivity (Wildman–Crippen MR) is 97.7 cm³/mol. The second kappa shape index (κ2) is 8.70. The lowest BCUT2D eigenvalue weighted by atomic mass is 10.1. The summed E-state index contributed by atoms with van der Waals surface area (Å²) in [6.07, 6.45) is 0. The van der Waals surface area contributed by atoms with Crippen LogP contribution in [-0.4, -0.2) is 16.1 Å². The zero-order chi connectivity index (χ0) is 21.0. The van der Waals surface area contributed by atoms with Crippen molar-refractivity contribution in [1.82, 2.24) is 10.3 Å². The first-order chi connectivity index (χ1) is 13.9. The van der Waals surface area contributed by atoms with Gasteiger partial charge in [0.05, 0.1) is 18.8 Å². The summed E-state index contributed by atoms with van der Waals surface area (Å²) in [5.74, 6) is -3.27. The van der Waals surface area contributed by atoms with Crippen molar-refractivity contribution in [2.45, 2.75) is 13.2 Å². The average Bonchev–Trinajstić information content (AvgIpc) is 2.67. The number of nitrogens with one attached hydrogen (secondary N) is 2. The summed E-state index contributed by atoms with van der Waals surface area (Å²) in [5.41, 5.74) is -0.0916. The Morgan fingerprint density at radius 3 is 2.34 bits per heavy atom.